The van der Waals surface area contributed by atoms with Gasteiger partial charge in [-0.2, -0.15) is 0 Å². The van der Waals surface area contributed by atoms with Crippen LogP contribution in [0.3, 0.4) is 0 Å². The summed E-state index contributed by atoms with van der Waals surface area (Å²) in [5.41, 5.74) is 0. The van der Waals surface area contributed by atoms with E-state index in [1.807, 2.05) is 0 Å². The Hall–Kier alpha value is 0. The molecule has 0 bridgehead atoms. The monoisotopic (exact) mass is 210 g/mol. The third-order valence-corrected chi connectivity index (χ3v) is 4.24. The highest BCUT2D eigenvalue weighted by atomic mass is 14.3. The number of hydrogen-bond donors (Lipinski definition) is 0. The minimum atomic E-state index is 0.889. The van der Waals surface area contributed by atoms with E-state index in [1.165, 1.54) is 44.9 Å². The Morgan fingerprint density at radius 1 is 1.00 bits per heavy atom. The Morgan fingerprint density at radius 2 is 1.60 bits per heavy atom. The van der Waals surface area contributed by atoms with Crippen molar-refractivity contribution in [1.29, 1.82) is 0 Å². The minimum Gasteiger partial charge on any atom is -0.0651 e. The zero-order chi connectivity index (χ0) is 11.3. The van der Waals surface area contributed by atoms with E-state index in [1.54, 1.807) is 0 Å². The highest BCUT2D eigenvalue weighted by molar-refractivity contribution is 4.77. The molecule has 2 atom stereocenters. The van der Waals surface area contributed by atoms with Crippen molar-refractivity contribution in [3.05, 3.63) is 0 Å². The summed E-state index contributed by atoms with van der Waals surface area (Å²) in [4.78, 5) is 0. The van der Waals surface area contributed by atoms with E-state index in [2.05, 4.69) is 27.7 Å². The lowest BCUT2D eigenvalue weighted by Crippen LogP contribution is -2.17. The lowest BCUT2D eigenvalue weighted by atomic mass is 9.78. The van der Waals surface area contributed by atoms with Gasteiger partial charge in [-0.3, -0.25) is 0 Å². The molecule has 1 saturated carbocycles. The number of rotatable bonds is 6. The van der Waals surface area contributed by atoms with Gasteiger partial charge in [0.25, 0.3) is 0 Å². The molecule has 0 spiro atoms. The predicted octanol–water partition coefficient (Wildman–Crippen LogP) is 5.28. The lowest BCUT2D eigenvalue weighted by molar-refractivity contribution is 0.234. The molecule has 0 heteroatoms. The van der Waals surface area contributed by atoms with Crippen molar-refractivity contribution in [2.45, 2.75) is 72.6 Å². The summed E-state index contributed by atoms with van der Waals surface area (Å²) in [6.45, 7) is 9.55. The summed E-state index contributed by atoms with van der Waals surface area (Å²) in [7, 11) is 0. The maximum absolute atomic E-state index is 2.43. The van der Waals surface area contributed by atoms with Crippen LogP contribution in [0.1, 0.15) is 72.6 Å². The van der Waals surface area contributed by atoms with Gasteiger partial charge in [0.1, 0.15) is 0 Å². The van der Waals surface area contributed by atoms with Crippen LogP contribution in [0, 0.1) is 23.7 Å². The normalized spacial score (nSPS) is 22.2. The fourth-order valence-electron chi connectivity index (χ4n) is 3.20. The Morgan fingerprint density at radius 3 is 2.07 bits per heavy atom. The molecule has 0 aromatic carbocycles. The second kappa shape index (κ2) is 6.55. The van der Waals surface area contributed by atoms with Crippen molar-refractivity contribution >= 4 is 0 Å². The fraction of sp³-hybridized carbons (Fsp3) is 1.00. The molecule has 0 aromatic rings. The third kappa shape index (κ3) is 4.57. The third-order valence-electron chi connectivity index (χ3n) is 4.24. The molecule has 0 N–H and O–H groups in total. The van der Waals surface area contributed by atoms with Gasteiger partial charge in [0.15, 0.2) is 0 Å². The molecule has 1 aliphatic carbocycles. The van der Waals surface area contributed by atoms with Crippen molar-refractivity contribution in [2.24, 2.45) is 23.7 Å². The maximum atomic E-state index is 2.43. The molecule has 15 heavy (non-hydrogen) atoms. The predicted molar refractivity (Wildman–Crippen MR) is 69.0 cm³/mol. The van der Waals surface area contributed by atoms with E-state index in [0.717, 1.165) is 23.7 Å². The van der Waals surface area contributed by atoms with Crippen LogP contribution < -0.4 is 0 Å². The van der Waals surface area contributed by atoms with E-state index in [9.17, 15) is 0 Å². The molecule has 90 valence electrons. The fourth-order valence-corrected chi connectivity index (χ4v) is 3.20. The van der Waals surface area contributed by atoms with E-state index < -0.39 is 0 Å². The summed E-state index contributed by atoms with van der Waals surface area (Å²) in [5, 5.41) is 0. The molecule has 0 saturated heterocycles. The van der Waals surface area contributed by atoms with Crippen LogP contribution >= 0.6 is 0 Å². The lowest BCUT2D eigenvalue weighted by Gasteiger charge is -2.27. The first kappa shape index (κ1) is 13.1. The van der Waals surface area contributed by atoms with Gasteiger partial charge < -0.3 is 0 Å². The van der Waals surface area contributed by atoms with Gasteiger partial charge in [0.05, 0.1) is 0 Å². The summed E-state index contributed by atoms with van der Waals surface area (Å²) in [6, 6.07) is 0. The molecule has 1 rings (SSSR count). The second-order valence-corrected chi connectivity index (χ2v) is 6.18. The smallest absolute Gasteiger partial charge is 0.0381 e. The van der Waals surface area contributed by atoms with Gasteiger partial charge in [-0.05, 0) is 36.5 Å². The van der Waals surface area contributed by atoms with E-state index in [-0.39, 0.29) is 0 Å². The van der Waals surface area contributed by atoms with Gasteiger partial charge in [-0.15, -0.1) is 0 Å². The van der Waals surface area contributed by atoms with Crippen LogP contribution in [0.4, 0.5) is 0 Å². The topological polar surface area (TPSA) is 0 Å². The van der Waals surface area contributed by atoms with Crippen molar-refractivity contribution in [3.8, 4) is 0 Å². The highest BCUT2D eigenvalue weighted by Gasteiger charge is 2.26. The van der Waals surface area contributed by atoms with Crippen LogP contribution in [0.15, 0.2) is 0 Å². The first-order valence-electron chi connectivity index (χ1n) is 7.13. The van der Waals surface area contributed by atoms with Crippen LogP contribution in [0.25, 0.3) is 0 Å². The Kier molecular flexibility index (Phi) is 5.71. The van der Waals surface area contributed by atoms with Gasteiger partial charge in [-0.1, -0.05) is 59.8 Å². The molecule has 2 unspecified atom stereocenters. The molecule has 1 fully saturated rings. The van der Waals surface area contributed by atoms with Crippen molar-refractivity contribution in [1.82, 2.24) is 0 Å². The Bertz CT molecular complexity index is 153. The van der Waals surface area contributed by atoms with Crippen molar-refractivity contribution in [3.63, 3.8) is 0 Å². The van der Waals surface area contributed by atoms with Crippen molar-refractivity contribution < 1.29 is 0 Å². The van der Waals surface area contributed by atoms with Crippen molar-refractivity contribution in [2.75, 3.05) is 0 Å². The average Bonchev–Trinajstić information content (AvgIpc) is 2.68. The molecule has 1 aliphatic rings. The highest BCUT2D eigenvalue weighted by Crippen LogP contribution is 2.38. The average molecular weight is 210 g/mol. The van der Waals surface area contributed by atoms with E-state index in [0.29, 0.717) is 0 Å². The summed E-state index contributed by atoms with van der Waals surface area (Å²) < 4.78 is 0. The van der Waals surface area contributed by atoms with Crippen LogP contribution in [-0.4, -0.2) is 0 Å². The summed E-state index contributed by atoms with van der Waals surface area (Å²) in [6.07, 6.45) is 10.4. The minimum absolute atomic E-state index is 0.889. The zero-order valence-electron chi connectivity index (χ0n) is 11.3. The quantitative estimate of drug-likeness (QED) is 0.560. The van der Waals surface area contributed by atoms with Gasteiger partial charge in [0.2, 0.25) is 0 Å². The largest absolute Gasteiger partial charge is 0.0651 e. The zero-order valence-corrected chi connectivity index (χ0v) is 11.3. The molecule has 0 nitrogen and oxygen atoms in total. The standard InChI is InChI=1S/C15H30/c1-5-13(4)11-15(10-12(2)3)14-8-6-7-9-14/h12-15H,5-11H2,1-4H3. The maximum Gasteiger partial charge on any atom is -0.0381 e. The van der Waals surface area contributed by atoms with Gasteiger partial charge in [-0.25, -0.2) is 0 Å². The van der Waals surface area contributed by atoms with E-state index >= 15 is 0 Å². The van der Waals surface area contributed by atoms with Crippen LogP contribution in [-0.2, 0) is 0 Å². The van der Waals surface area contributed by atoms with Crippen LogP contribution in [0.5, 0.6) is 0 Å². The Labute approximate surface area is 96.8 Å². The summed E-state index contributed by atoms with van der Waals surface area (Å²) >= 11 is 0. The Balaban J connectivity index is 2.43. The van der Waals surface area contributed by atoms with Gasteiger partial charge >= 0.3 is 0 Å². The SMILES string of the molecule is CCC(C)CC(CC(C)C)C1CCCC1. The molecule has 0 aliphatic heterocycles. The van der Waals surface area contributed by atoms with Crippen LogP contribution in [0.2, 0.25) is 0 Å². The molecule has 0 amide bonds. The van der Waals surface area contributed by atoms with Gasteiger partial charge in [0, 0.05) is 0 Å². The first-order valence-corrected chi connectivity index (χ1v) is 7.13. The molecule has 0 radical (unpaired) electrons. The molecular weight excluding hydrogens is 180 g/mol. The molecular formula is C15H30. The number of hydrogen-bond acceptors (Lipinski definition) is 0. The second-order valence-electron chi connectivity index (χ2n) is 6.18. The summed E-state index contributed by atoms with van der Waals surface area (Å²) in [5.74, 6) is 3.93. The van der Waals surface area contributed by atoms with E-state index in [4.69, 9.17) is 0 Å². The molecule has 0 heterocycles. The molecule has 0 aromatic heterocycles. The first-order chi connectivity index (χ1) is 7.13.